The van der Waals surface area contributed by atoms with E-state index in [1.54, 1.807) is 18.2 Å². The molecule has 0 heterocycles. The maximum absolute atomic E-state index is 12.4. The number of rotatable bonds is 4. The summed E-state index contributed by atoms with van der Waals surface area (Å²) < 4.78 is 52.3. The van der Waals surface area contributed by atoms with Gasteiger partial charge >= 0.3 is 0 Å². The van der Waals surface area contributed by atoms with Gasteiger partial charge in [-0.05, 0) is 30.3 Å². The summed E-state index contributed by atoms with van der Waals surface area (Å²) in [5.74, 6) is 0. The minimum absolute atomic E-state index is 0.0955. The maximum Gasteiger partial charge on any atom is 0.296 e. The van der Waals surface area contributed by atoms with E-state index in [4.69, 9.17) is 0 Å². The van der Waals surface area contributed by atoms with Crippen molar-refractivity contribution in [2.45, 2.75) is 14.7 Å². The van der Waals surface area contributed by atoms with Crippen molar-refractivity contribution >= 4 is 20.0 Å². The minimum Gasteiger partial charge on any atom is -0.270 e. The smallest absolute Gasteiger partial charge is 0.270 e. The summed E-state index contributed by atoms with van der Waals surface area (Å²) >= 11 is 0. The van der Waals surface area contributed by atoms with Gasteiger partial charge in [-0.25, -0.2) is 8.42 Å². The van der Waals surface area contributed by atoms with Crippen molar-refractivity contribution < 1.29 is 21.0 Å². The van der Waals surface area contributed by atoms with Crippen molar-refractivity contribution in [1.82, 2.24) is 0 Å². The second kappa shape index (κ2) is 5.35. The first-order valence-corrected chi connectivity index (χ1v) is 8.48. The van der Waals surface area contributed by atoms with E-state index in [1.807, 2.05) is 0 Å². The molecule has 5 nitrogen and oxygen atoms in total. The van der Waals surface area contributed by atoms with E-state index in [-0.39, 0.29) is 14.7 Å². The van der Waals surface area contributed by atoms with Crippen molar-refractivity contribution in [1.29, 1.82) is 0 Å². The van der Waals surface area contributed by atoms with Gasteiger partial charge in [0, 0.05) is 0 Å². The van der Waals surface area contributed by atoms with E-state index in [0.29, 0.717) is 0 Å². The Kier molecular flexibility index (Phi) is 3.94. The van der Waals surface area contributed by atoms with E-state index in [1.165, 1.54) is 30.3 Å². The maximum atomic E-state index is 12.4. The zero-order valence-corrected chi connectivity index (χ0v) is 12.2. The summed E-state index contributed by atoms with van der Waals surface area (Å²) in [6.45, 7) is 0. The Hall–Kier alpha value is -1.70. The fourth-order valence-corrected chi connectivity index (χ4v) is 3.74. The average molecular weight is 312 g/mol. The van der Waals surface area contributed by atoms with Crippen LogP contribution in [0.1, 0.15) is 0 Å². The molecule has 0 atom stereocenters. The largest absolute Gasteiger partial charge is 0.296 e. The average Bonchev–Trinajstić information content (AvgIpc) is 2.48. The quantitative estimate of drug-likeness (QED) is 0.805. The molecule has 0 radical (unpaired) electrons. The minimum atomic E-state index is -3.93. The van der Waals surface area contributed by atoms with Crippen molar-refractivity contribution in [3.63, 3.8) is 0 Å². The topological polar surface area (TPSA) is 77.5 Å². The highest BCUT2D eigenvalue weighted by atomic mass is 32.2. The van der Waals surface area contributed by atoms with E-state index in [9.17, 15) is 16.8 Å². The van der Waals surface area contributed by atoms with Crippen LogP contribution < -0.4 is 0 Å². The lowest BCUT2D eigenvalue weighted by Gasteiger charge is -2.06. The van der Waals surface area contributed by atoms with Gasteiger partial charge < -0.3 is 0 Å². The van der Waals surface area contributed by atoms with E-state index in [0.717, 1.165) is 13.2 Å². The lowest BCUT2D eigenvalue weighted by Crippen LogP contribution is -2.06. The third kappa shape index (κ3) is 2.74. The molecule has 0 aromatic heterocycles. The number of sulfone groups is 1. The molecular formula is C13H12O5S2. The highest BCUT2D eigenvalue weighted by molar-refractivity contribution is 7.91. The van der Waals surface area contributed by atoms with E-state index in [2.05, 4.69) is 4.18 Å². The predicted octanol–water partition coefficient (Wildman–Crippen LogP) is 1.85. The molecule has 2 aromatic carbocycles. The van der Waals surface area contributed by atoms with Gasteiger partial charge in [-0.1, -0.05) is 24.3 Å². The fraction of sp³-hybridized carbons (Fsp3) is 0.0769. The second-order valence-electron chi connectivity index (χ2n) is 3.91. The van der Waals surface area contributed by atoms with Gasteiger partial charge in [-0.3, -0.25) is 4.18 Å². The zero-order chi connectivity index (χ0) is 14.8. The summed E-state index contributed by atoms with van der Waals surface area (Å²) in [5.41, 5.74) is 0. The number of hydrogen-bond donors (Lipinski definition) is 0. The third-order valence-electron chi connectivity index (χ3n) is 2.68. The first kappa shape index (κ1) is 14.7. The predicted molar refractivity (Wildman–Crippen MR) is 72.5 cm³/mol. The molecular weight excluding hydrogens is 300 g/mol. The van der Waals surface area contributed by atoms with Crippen LogP contribution in [0.3, 0.4) is 0 Å². The molecule has 106 valence electrons. The molecule has 0 saturated heterocycles. The monoisotopic (exact) mass is 312 g/mol. The highest BCUT2D eigenvalue weighted by Gasteiger charge is 2.20. The van der Waals surface area contributed by atoms with Crippen LogP contribution in [0.4, 0.5) is 0 Å². The number of hydrogen-bond acceptors (Lipinski definition) is 5. The molecule has 0 aliphatic rings. The molecule has 0 aliphatic carbocycles. The molecule has 0 spiro atoms. The molecule has 0 unspecified atom stereocenters. The molecule has 0 saturated carbocycles. The molecule has 0 fully saturated rings. The van der Waals surface area contributed by atoms with Gasteiger partial charge in [0.2, 0.25) is 9.84 Å². The van der Waals surface area contributed by atoms with Crippen molar-refractivity contribution in [2.75, 3.05) is 7.11 Å². The summed E-state index contributed by atoms with van der Waals surface area (Å²) in [4.78, 5) is -0.189. The first-order chi connectivity index (χ1) is 9.38. The van der Waals surface area contributed by atoms with Crippen molar-refractivity contribution in [2.24, 2.45) is 0 Å². The van der Waals surface area contributed by atoms with Crippen LogP contribution in [0.15, 0.2) is 69.3 Å². The van der Waals surface area contributed by atoms with Gasteiger partial charge in [0.05, 0.1) is 21.8 Å². The van der Waals surface area contributed by atoms with Crippen molar-refractivity contribution in [3.05, 3.63) is 54.6 Å². The Morgan fingerprint density at radius 3 is 1.90 bits per heavy atom. The van der Waals surface area contributed by atoms with Crippen molar-refractivity contribution in [3.8, 4) is 0 Å². The molecule has 0 aliphatic heterocycles. The van der Waals surface area contributed by atoms with E-state index < -0.39 is 20.0 Å². The first-order valence-electron chi connectivity index (χ1n) is 5.59. The van der Waals surface area contributed by atoms with Crippen LogP contribution in [0.2, 0.25) is 0 Å². The summed E-state index contributed by atoms with van der Waals surface area (Å²) in [5, 5.41) is 0. The summed E-state index contributed by atoms with van der Waals surface area (Å²) in [6, 6.07) is 12.9. The molecule has 2 aromatic rings. The van der Waals surface area contributed by atoms with E-state index >= 15 is 0 Å². The lowest BCUT2D eigenvalue weighted by molar-refractivity contribution is 0.397. The Morgan fingerprint density at radius 2 is 1.30 bits per heavy atom. The third-order valence-corrected chi connectivity index (χ3v) is 5.71. The molecule has 0 bridgehead atoms. The highest BCUT2D eigenvalue weighted by Crippen LogP contribution is 2.23. The SMILES string of the molecule is COS(=O)(=O)c1cccc(S(=O)(=O)c2ccccc2)c1. The van der Waals surface area contributed by atoms with Gasteiger partial charge in [0.15, 0.2) is 0 Å². The van der Waals surface area contributed by atoms with Crippen LogP contribution in [0, 0.1) is 0 Å². The Balaban J connectivity index is 2.58. The summed E-state index contributed by atoms with van der Waals surface area (Å²) in [6.07, 6.45) is 0. The zero-order valence-electron chi connectivity index (χ0n) is 10.6. The van der Waals surface area contributed by atoms with Gasteiger partial charge in [-0.2, -0.15) is 8.42 Å². The van der Waals surface area contributed by atoms with Gasteiger partial charge in [-0.15, -0.1) is 0 Å². The van der Waals surface area contributed by atoms with Gasteiger partial charge in [0.1, 0.15) is 0 Å². The molecule has 20 heavy (non-hydrogen) atoms. The van der Waals surface area contributed by atoms with Crippen LogP contribution >= 0.6 is 0 Å². The molecule has 0 amide bonds. The molecule has 0 N–H and O–H groups in total. The fourth-order valence-electron chi connectivity index (χ4n) is 1.63. The van der Waals surface area contributed by atoms with Crippen LogP contribution in [-0.2, 0) is 24.1 Å². The second-order valence-corrected chi connectivity index (χ2v) is 7.57. The lowest BCUT2D eigenvalue weighted by atomic mass is 10.4. The van der Waals surface area contributed by atoms with Crippen LogP contribution in [0.5, 0.6) is 0 Å². The van der Waals surface area contributed by atoms with Crippen LogP contribution in [0.25, 0.3) is 0 Å². The van der Waals surface area contributed by atoms with Crippen LogP contribution in [-0.4, -0.2) is 23.9 Å². The number of benzene rings is 2. The Morgan fingerprint density at radius 1 is 0.750 bits per heavy atom. The molecule has 2 rings (SSSR count). The normalized spacial score (nSPS) is 12.2. The standard InChI is InChI=1S/C13H12O5S2/c1-18-20(16,17)13-9-5-8-12(10-13)19(14,15)11-6-3-2-4-7-11/h2-10H,1H3. The Labute approximate surface area is 117 Å². The van der Waals surface area contributed by atoms with Gasteiger partial charge in [0.25, 0.3) is 10.1 Å². The molecule has 7 heteroatoms. The summed E-state index contributed by atoms with van der Waals surface area (Å²) in [7, 11) is -6.66. The Bertz CT molecular complexity index is 809.